The summed E-state index contributed by atoms with van der Waals surface area (Å²) in [6, 6.07) is 13.6. The number of rotatable bonds is 4. The molecule has 6 heteroatoms. The van der Waals surface area contributed by atoms with E-state index in [1.807, 2.05) is 41.3 Å². The maximum atomic E-state index is 13.0. The Morgan fingerprint density at radius 1 is 1.21 bits per heavy atom. The Kier molecular flexibility index (Phi) is 4.19. The minimum atomic E-state index is -0.0874. The Labute approximate surface area is 163 Å². The van der Waals surface area contributed by atoms with Gasteiger partial charge in [-0.05, 0) is 61.6 Å². The fourth-order valence-electron chi connectivity index (χ4n) is 3.93. The molecule has 5 rings (SSSR count). The summed E-state index contributed by atoms with van der Waals surface area (Å²) in [7, 11) is 1.66. The van der Waals surface area contributed by atoms with Crippen LogP contribution in [0.2, 0.25) is 0 Å². The molecule has 1 aliphatic carbocycles. The summed E-state index contributed by atoms with van der Waals surface area (Å²) < 4.78 is 11.1. The zero-order chi connectivity index (χ0) is 19.1. The van der Waals surface area contributed by atoms with E-state index in [1.165, 1.54) is 0 Å². The van der Waals surface area contributed by atoms with Crippen LogP contribution in [-0.4, -0.2) is 29.6 Å². The van der Waals surface area contributed by atoms with Gasteiger partial charge in [-0.2, -0.15) is 0 Å². The van der Waals surface area contributed by atoms with E-state index < -0.39 is 0 Å². The Morgan fingerprint density at radius 3 is 2.93 bits per heavy atom. The molecule has 2 heterocycles. The summed E-state index contributed by atoms with van der Waals surface area (Å²) in [6.07, 6.45) is 4.24. The van der Waals surface area contributed by atoms with Crippen LogP contribution in [0.1, 0.15) is 49.1 Å². The molecule has 144 valence electrons. The summed E-state index contributed by atoms with van der Waals surface area (Å²) in [5.74, 6) is 2.10. The molecule has 0 spiro atoms. The second-order valence-electron chi connectivity index (χ2n) is 7.57. The van der Waals surface area contributed by atoms with Gasteiger partial charge in [-0.25, -0.2) is 9.78 Å². The third-order valence-electron chi connectivity index (χ3n) is 5.57. The van der Waals surface area contributed by atoms with E-state index in [9.17, 15) is 4.79 Å². The normalized spacial score (nSPS) is 19.2. The highest BCUT2D eigenvalue weighted by atomic mass is 16.5. The van der Waals surface area contributed by atoms with Crippen LogP contribution in [0.25, 0.3) is 11.1 Å². The third kappa shape index (κ3) is 3.19. The second kappa shape index (κ2) is 6.86. The topological polar surface area (TPSA) is 67.6 Å². The number of carbonyl (C=O) groups excluding carboxylic acids is 1. The maximum absolute atomic E-state index is 13.0. The summed E-state index contributed by atoms with van der Waals surface area (Å²) >= 11 is 0. The van der Waals surface area contributed by atoms with Crippen LogP contribution in [-0.2, 0) is 0 Å². The molecular formula is C22H23N3O3. The van der Waals surface area contributed by atoms with E-state index >= 15 is 0 Å². The maximum Gasteiger partial charge on any atom is 0.322 e. The summed E-state index contributed by atoms with van der Waals surface area (Å²) in [6.45, 7) is 0.742. The molecule has 2 aromatic carbocycles. The molecule has 1 aromatic heterocycles. The SMILES string of the molecule is COc1cccc([C@@H]2CCCN2C(=O)Nc2ccc3oc(C4CC4)nc3c2)c1. The van der Waals surface area contributed by atoms with Crippen LogP contribution in [0.4, 0.5) is 10.5 Å². The number of nitrogens with zero attached hydrogens (tertiary/aromatic N) is 2. The Balaban J connectivity index is 1.34. The number of benzene rings is 2. The standard InChI is InChI=1S/C22H23N3O3/c1-27-17-5-2-4-15(12-17)19-6-3-11-25(19)22(26)23-16-9-10-20-18(13-16)24-21(28-20)14-7-8-14/h2,4-5,9-10,12-14,19H,3,6-8,11H2,1H3,(H,23,26)/t19-/m0/s1. The number of anilines is 1. The average Bonchev–Trinajstić information content (AvgIpc) is 3.29. The van der Waals surface area contributed by atoms with Gasteiger partial charge in [0.1, 0.15) is 11.3 Å². The molecule has 0 radical (unpaired) electrons. The van der Waals surface area contributed by atoms with Gasteiger partial charge in [0, 0.05) is 18.2 Å². The van der Waals surface area contributed by atoms with Crippen LogP contribution < -0.4 is 10.1 Å². The van der Waals surface area contributed by atoms with Crippen molar-refractivity contribution in [2.45, 2.75) is 37.6 Å². The van der Waals surface area contributed by atoms with E-state index in [1.54, 1.807) is 7.11 Å². The monoisotopic (exact) mass is 377 g/mol. The quantitative estimate of drug-likeness (QED) is 0.688. The second-order valence-corrected chi connectivity index (χ2v) is 7.57. The number of oxazole rings is 1. The smallest absolute Gasteiger partial charge is 0.322 e. The van der Waals surface area contributed by atoms with Gasteiger partial charge < -0.3 is 19.4 Å². The molecule has 1 saturated carbocycles. The number of urea groups is 1. The zero-order valence-corrected chi connectivity index (χ0v) is 15.9. The highest BCUT2D eigenvalue weighted by Crippen LogP contribution is 2.41. The van der Waals surface area contributed by atoms with Gasteiger partial charge in [0.2, 0.25) is 0 Å². The zero-order valence-electron chi connectivity index (χ0n) is 15.9. The molecule has 1 saturated heterocycles. The molecule has 2 amide bonds. The fourth-order valence-corrected chi connectivity index (χ4v) is 3.93. The number of ether oxygens (including phenoxy) is 1. The molecule has 1 aliphatic heterocycles. The molecule has 3 aromatic rings. The minimum Gasteiger partial charge on any atom is -0.497 e. The van der Waals surface area contributed by atoms with Gasteiger partial charge in [0.05, 0.1) is 13.2 Å². The van der Waals surface area contributed by atoms with E-state index in [0.29, 0.717) is 5.92 Å². The van der Waals surface area contributed by atoms with Gasteiger partial charge in [-0.15, -0.1) is 0 Å². The summed E-state index contributed by atoms with van der Waals surface area (Å²) in [4.78, 5) is 19.4. The van der Waals surface area contributed by atoms with Crippen LogP contribution in [0, 0.1) is 0 Å². The van der Waals surface area contributed by atoms with Crippen LogP contribution >= 0.6 is 0 Å². The number of fused-ring (bicyclic) bond motifs is 1. The third-order valence-corrected chi connectivity index (χ3v) is 5.57. The summed E-state index contributed by atoms with van der Waals surface area (Å²) in [5, 5.41) is 3.03. The van der Waals surface area contributed by atoms with E-state index in [4.69, 9.17) is 9.15 Å². The highest BCUT2D eigenvalue weighted by Gasteiger charge is 2.31. The minimum absolute atomic E-state index is 0.0624. The lowest BCUT2D eigenvalue weighted by atomic mass is 10.0. The predicted octanol–water partition coefficient (Wildman–Crippen LogP) is 5.08. The van der Waals surface area contributed by atoms with Gasteiger partial charge in [0.25, 0.3) is 0 Å². The molecule has 0 bridgehead atoms. The van der Waals surface area contributed by atoms with Crippen molar-refractivity contribution >= 4 is 22.8 Å². The predicted molar refractivity (Wildman–Crippen MR) is 107 cm³/mol. The van der Waals surface area contributed by atoms with Gasteiger partial charge in [-0.3, -0.25) is 0 Å². The number of likely N-dealkylation sites (tertiary alicyclic amines) is 1. The van der Waals surface area contributed by atoms with Gasteiger partial charge in [0.15, 0.2) is 11.5 Å². The molecule has 6 nitrogen and oxygen atoms in total. The lowest BCUT2D eigenvalue weighted by molar-refractivity contribution is 0.207. The molecule has 1 N–H and O–H groups in total. The number of aromatic nitrogens is 1. The van der Waals surface area contributed by atoms with Crippen molar-refractivity contribution in [3.8, 4) is 5.75 Å². The Bertz CT molecular complexity index is 1020. The lowest BCUT2D eigenvalue weighted by Crippen LogP contribution is -2.34. The van der Waals surface area contributed by atoms with Crippen LogP contribution in [0.3, 0.4) is 0 Å². The highest BCUT2D eigenvalue weighted by molar-refractivity contribution is 5.92. The average molecular weight is 377 g/mol. The molecule has 2 aliphatic rings. The first-order valence-electron chi connectivity index (χ1n) is 9.83. The van der Waals surface area contributed by atoms with Crippen molar-refractivity contribution in [1.29, 1.82) is 0 Å². The van der Waals surface area contributed by atoms with Crippen molar-refractivity contribution in [1.82, 2.24) is 9.88 Å². The first kappa shape index (κ1) is 17.1. The number of methoxy groups -OCH3 is 1. The van der Waals surface area contributed by atoms with Crippen molar-refractivity contribution in [3.05, 3.63) is 53.9 Å². The number of nitrogens with one attached hydrogen (secondary N) is 1. The van der Waals surface area contributed by atoms with Crippen LogP contribution in [0.15, 0.2) is 46.9 Å². The van der Waals surface area contributed by atoms with Crippen molar-refractivity contribution in [2.75, 3.05) is 19.0 Å². The van der Waals surface area contributed by atoms with E-state index in [2.05, 4.69) is 16.4 Å². The van der Waals surface area contributed by atoms with Gasteiger partial charge >= 0.3 is 6.03 Å². The first-order chi connectivity index (χ1) is 13.7. The summed E-state index contributed by atoms with van der Waals surface area (Å²) in [5.41, 5.74) is 3.42. The Hall–Kier alpha value is -3.02. The molecule has 1 atom stereocenters. The number of hydrogen-bond acceptors (Lipinski definition) is 4. The van der Waals surface area contributed by atoms with Gasteiger partial charge in [-0.1, -0.05) is 12.1 Å². The molecule has 2 fully saturated rings. The van der Waals surface area contributed by atoms with Crippen molar-refractivity contribution in [3.63, 3.8) is 0 Å². The molecule has 0 unspecified atom stereocenters. The first-order valence-corrected chi connectivity index (χ1v) is 9.83. The molecular weight excluding hydrogens is 354 g/mol. The van der Waals surface area contributed by atoms with E-state index in [-0.39, 0.29) is 12.1 Å². The largest absolute Gasteiger partial charge is 0.497 e. The lowest BCUT2D eigenvalue weighted by Gasteiger charge is -2.25. The number of amides is 2. The van der Waals surface area contributed by atoms with Crippen LogP contribution in [0.5, 0.6) is 5.75 Å². The van der Waals surface area contributed by atoms with E-state index in [0.717, 1.165) is 66.2 Å². The fraction of sp³-hybridized carbons (Fsp3) is 0.364. The number of carbonyl (C=O) groups is 1. The number of hydrogen-bond donors (Lipinski definition) is 1. The molecule has 28 heavy (non-hydrogen) atoms. The van der Waals surface area contributed by atoms with Crippen molar-refractivity contribution < 1.29 is 13.9 Å². The Morgan fingerprint density at radius 2 is 2.11 bits per heavy atom. The van der Waals surface area contributed by atoms with Crippen molar-refractivity contribution in [2.24, 2.45) is 0 Å².